The Morgan fingerprint density at radius 1 is 1.11 bits per heavy atom. The molecule has 0 aromatic heterocycles. The molecular formula is C14H20BrF2N. The van der Waals surface area contributed by atoms with Gasteiger partial charge in [-0.05, 0) is 26.4 Å². The smallest absolute Gasteiger partial charge is 0.285 e. The largest absolute Gasteiger partial charge is 0.300 e. The average Bonchev–Trinajstić information content (AvgIpc) is 2.35. The van der Waals surface area contributed by atoms with E-state index < -0.39 is 5.92 Å². The zero-order chi connectivity index (χ0) is 13.4. The molecule has 0 aliphatic carbocycles. The lowest BCUT2D eigenvalue weighted by Gasteiger charge is -2.24. The van der Waals surface area contributed by atoms with Crippen molar-refractivity contribution in [3.8, 4) is 0 Å². The molecular weight excluding hydrogens is 300 g/mol. The minimum atomic E-state index is -2.77. The number of hydrogen-bond acceptors (Lipinski definition) is 1. The standard InChI is InChI=1S/C14H20BrF2N/c1-18(11-7-3-6-10-15)12-14(16,17)13-8-4-2-5-9-13/h2,4-5,8-9H,3,6-7,10-12H2,1H3. The molecule has 0 aliphatic rings. The zero-order valence-electron chi connectivity index (χ0n) is 10.7. The highest BCUT2D eigenvalue weighted by Gasteiger charge is 2.32. The highest BCUT2D eigenvalue weighted by Crippen LogP contribution is 2.28. The SMILES string of the molecule is CN(CCCCCBr)CC(F)(F)c1ccccc1. The van der Waals surface area contributed by atoms with Gasteiger partial charge in [0.25, 0.3) is 5.92 Å². The summed E-state index contributed by atoms with van der Waals surface area (Å²) < 4.78 is 27.9. The number of halogens is 3. The minimum Gasteiger partial charge on any atom is -0.300 e. The molecule has 0 saturated heterocycles. The molecule has 0 N–H and O–H groups in total. The van der Waals surface area contributed by atoms with Gasteiger partial charge in [0.15, 0.2) is 0 Å². The number of rotatable bonds is 8. The maximum atomic E-state index is 13.9. The summed E-state index contributed by atoms with van der Waals surface area (Å²) in [5, 5.41) is 0.983. The Labute approximate surface area is 116 Å². The molecule has 0 atom stereocenters. The number of benzene rings is 1. The van der Waals surface area contributed by atoms with Crippen molar-refractivity contribution in [1.82, 2.24) is 4.90 Å². The van der Waals surface area contributed by atoms with Gasteiger partial charge in [0.1, 0.15) is 0 Å². The van der Waals surface area contributed by atoms with Crippen LogP contribution in [0.3, 0.4) is 0 Å². The molecule has 102 valence electrons. The minimum absolute atomic E-state index is 0.0947. The molecule has 0 unspecified atom stereocenters. The van der Waals surface area contributed by atoms with Crippen LogP contribution in [0.5, 0.6) is 0 Å². The Morgan fingerprint density at radius 2 is 1.78 bits per heavy atom. The van der Waals surface area contributed by atoms with Gasteiger partial charge < -0.3 is 4.90 Å². The summed E-state index contributed by atoms with van der Waals surface area (Å²) in [7, 11) is 1.75. The van der Waals surface area contributed by atoms with E-state index in [1.165, 1.54) is 12.1 Å². The van der Waals surface area contributed by atoms with Crippen molar-refractivity contribution in [1.29, 1.82) is 0 Å². The van der Waals surface area contributed by atoms with Crippen LogP contribution >= 0.6 is 15.9 Å². The Morgan fingerprint density at radius 3 is 2.39 bits per heavy atom. The lowest BCUT2D eigenvalue weighted by atomic mass is 10.1. The van der Waals surface area contributed by atoms with Gasteiger partial charge in [-0.1, -0.05) is 52.7 Å². The van der Waals surface area contributed by atoms with Crippen molar-refractivity contribution >= 4 is 15.9 Å². The van der Waals surface area contributed by atoms with Crippen LogP contribution in [-0.2, 0) is 5.92 Å². The third-order valence-electron chi connectivity index (χ3n) is 2.84. The number of hydrogen-bond donors (Lipinski definition) is 0. The van der Waals surface area contributed by atoms with Crippen LogP contribution in [-0.4, -0.2) is 30.4 Å². The molecule has 18 heavy (non-hydrogen) atoms. The van der Waals surface area contributed by atoms with Gasteiger partial charge in [-0.2, -0.15) is 8.78 Å². The molecule has 0 spiro atoms. The first kappa shape index (κ1) is 15.6. The van der Waals surface area contributed by atoms with E-state index in [9.17, 15) is 8.78 Å². The normalized spacial score (nSPS) is 12.1. The topological polar surface area (TPSA) is 3.24 Å². The van der Waals surface area contributed by atoms with Crippen molar-refractivity contribution in [2.75, 3.05) is 25.5 Å². The Kier molecular flexibility index (Phi) is 6.79. The quantitative estimate of drug-likeness (QED) is 0.510. The van der Waals surface area contributed by atoms with Crippen LogP contribution in [0.4, 0.5) is 8.78 Å². The second-order valence-corrected chi connectivity index (χ2v) is 5.35. The predicted octanol–water partition coefficient (Wildman–Crippen LogP) is 4.28. The first-order chi connectivity index (χ1) is 8.56. The Balaban J connectivity index is 2.40. The Bertz CT molecular complexity index is 330. The van der Waals surface area contributed by atoms with Gasteiger partial charge in [-0.3, -0.25) is 0 Å². The van der Waals surface area contributed by atoms with Crippen molar-refractivity contribution in [2.24, 2.45) is 0 Å². The summed E-state index contributed by atoms with van der Waals surface area (Å²) in [6.07, 6.45) is 3.14. The monoisotopic (exact) mass is 319 g/mol. The van der Waals surface area contributed by atoms with Gasteiger partial charge in [-0.25, -0.2) is 0 Å². The van der Waals surface area contributed by atoms with E-state index in [0.717, 1.165) is 31.1 Å². The maximum absolute atomic E-state index is 13.9. The number of unbranched alkanes of at least 4 members (excludes halogenated alkanes) is 2. The molecule has 0 amide bonds. The molecule has 1 aromatic rings. The van der Waals surface area contributed by atoms with Gasteiger partial charge >= 0.3 is 0 Å². The maximum Gasteiger partial charge on any atom is 0.285 e. The second kappa shape index (κ2) is 7.85. The summed E-state index contributed by atoms with van der Waals surface area (Å²) in [5.41, 5.74) is 0.0947. The molecule has 1 nitrogen and oxygen atoms in total. The third-order valence-corrected chi connectivity index (χ3v) is 3.40. The highest BCUT2D eigenvalue weighted by atomic mass is 79.9. The van der Waals surface area contributed by atoms with Gasteiger partial charge in [0.05, 0.1) is 6.54 Å². The molecule has 0 bridgehead atoms. The average molecular weight is 320 g/mol. The summed E-state index contributed by atoms with van der Waals surface area (Å²) >= 11 is 3.36. The molecule has 0 radical (unpaired) electrons. The molecule has 0 saturated carbocycles. The van der Waals surface area contributed by atoms with E-state index in [-0.39, 0.29) is 12.1 Å². The van der Waals surface area contributed by atoms with E-state index in [0.29, 0.717) is 0 Å². The van der Waals surface area contributed by atoms with Crippen LogP contribution in [0.2, 0.25) is 0 Å². The van der Waals surface area contributed by atoms with Crippen molar-refractivity contribution < 1.29 is 8.78 Å². The number of nitrogens with zero attached hydrogens (tertiary/aromatic N) is 1. The van der Waals surface area contributed by atoms with Crippen LogP contribution in [0, 0.1) is 0 Å². The molecule has 1 aromatic carbocycles. The lowest BCUT2D eigenvalue weighted by molar-refractivity contribution is -0.0323. The van der Waals surface area contributed by atoms with Crippen molar-refractivity contribution in [3.63, 3.8) is 0 Å². The van der Waals surface area contributed by atoms with Crippen LogP contribution < -0.4 is 0 Å². The lowest BCUT2D eigenvalue weighted by Crippen LogP contribution is -2.33. The van der Waals surface area contributed by atoms with E-state index in [2.05, 4.69) is 15.9 Å². The van der Waals surface area contributed by atoms with Crippen molar-refractivity contribution in [3.05, 3.63) is 35.9 Å². The van der Waals surface area contributed by atoms with Gasteiger partial charge in [0, 0.05) is 10.9 Å². The third kappa shape index (κ3) is 5.44. The number of alkyl halides is 3. The summed E-state index contributed by atoms with van der Waals surface area (Å²) in [6.45, 7) is 0.501. The zero-order valence-corrected chi connectivity index (χ0v) is 12.3. The molecule has 1 rings (SSSR count). The predicted molar refractivity (Wildman–Crippen MR) is 75.5 cm³/mol. The summed E-state index contributed by atoms with van der Waals surface area (Å²) in [6, 6.07) is 8.03. The van der Waals surface area contributed by atoms with E-state index in [4.69, 9.17) is 0 Å². The Hall–Kier alpha value is -0.480. The van der Waals surface area contributed by atoms with Gasteiger partial charge in [-0.15, -0.1) is 0 Å². The van der Waals surface area contributed by atoms with E-state index in [1.54, 1.807) is 30.1 Å². The van der Waals surface area contributed by atoms with Crippen LogP contribution in [0.15, 0.2) is 30.3 Å². The van der Waals surface area contributed by atoms with Crippen molar-refractivity contribution in [2.45, 2.75) is 25.2 Å². The fraction of sp³-hybridized carbons (Fsp3) is 0.571. The first-order valence-corrected chi connectivity index (χ1v) is 7.36. The second-order valence-electron chi connectivity index (χ2n) is 4.56. The van der Waals surface area contributed by atoms with E-state index >= 15 is 0 Å². The summed E-state index contributed by atoms with van der Waals surface area (Å²) in [4.78, 5) is 1.71. The molecule has 0 fully saturated rings. The van der Waals surface area contributed by atoms with Crippen LogP contribution in [0.1, 0.15) is 24.8 Å². The fourth-order valence-corrected chi connectivity index (χ4v) is 2.24. The first-order valence-electron chi connectivity index (χ1n) is 6.24. The highest BCUT2D eigenvalue weighted by molar-refractivity contribution is 9.09. The fourth-order valence-electron chi connectivity index (χ4n) is 1.84. The van der Waals surface area contributed by atoms with Gasteiger partial charge in [0.2, 0.25) is 0 Å². The molecule has 0 heterocycles. The molecule has 4 heteroatoms. The number of likely N-dealkylation sites (N-methyl/N-ethyl adjacent to an activating group) is 1. The molecule has 0 aliphatic heterocycles. The van der Waals surface area contributed by atoms with E-state index in [1.807, 2.05) is 0 Å². The van der Waals surface area contributed by atoms with Crippen LogP contribution in [0.25, 0.3) is 0 Å². The summed E-state index contributed by atoms with van der Waals surface area (Å²) in [5.74, 6) is -2.77.